The zero-order valence-corrected chi connectivity index (χ0v) is 14.2. The number of nitrogen functional groups attached to an aromatic ring is 1. The van der Waals surface area contributed by atoms with Crippen LogP contribution in [0.5, 0.6) is 5.75 Å². The SMILES string of the molecule is COC(=O)c1nc(N)c2c(C(F)(F)F)cccc2c1OCc1ccccc1. The minimum Gasteiger partial charge on any atom is -0.486 e. The Kier molecular flexibility index (Phi) is 4.89. The van der Waals surface area contributed by atoms with E-state index < -0.39 is 23.5 Å². The van der Waals surface area contributed by atoms with Crippen LogP contribution >= 0.6 is 0 Å². The Morgan fingerprint density at radius 1 is 1.11 bits per heavy atom. The van der Waals surface area contributed by atoms with E-state index in [1.54, 1.807) is 24.3 Å². The molecule has 0 unspecified atom stereocenters. The van der Waals surface area contributed by atoms with Gasteiger partial charge in [-0.3, -0.25) is 0 Å². The van der Waals surface area contributed by atoms with Crippen molar-refractivity contribution >= 4 is 22.6 Å². The zero-order valence-electron chi connectivity index (χ0n) is 14.2. The first-order valence-corrected chi connectivity index (χ1v) is 7.87. The number of nitrogens with two attached hydrogens (primary N) is 1. The fourth-order valence-corrected chi connectivity index (χ4v) is 2.72. The summed E-state index contributed by atoms with van der Waals surface area (Å²) in [5, 5.41) is -0.283. The number of halogens is 3. The minimum atomic E-state index is -4.64. The van der Waals surface area contributed by atoms with Gasteiger partial charge in [0.05, 0.1) is 12.7 Å². The van der Waals surface area contributed by atoms with Crippen LogP contribution in [0.1, 0.15) is 21.6 Å². The molecular weight excluding hydrogens is 361 g/mol. The molecule has 1 aromatic heterocycles. The van der Waals surface area contributed by atoms with E-state index in [4.69, 9.17) is 10.5 Å². The molecule has 2 aromatic carbocycles. The topological polar surface area (TPSA) is 74.4 Å². The van der Waals surface area contributed by atoms with Crippen LogP contribution in [0, 0.1) is 0 Å². The molecule has 8 heteroatoms. The highest BCUT2D eigenvalue weighted by molar-refractivity contribution is 6.04. The molecule has 27 heavy (non-hydrogen) atoms. The van der Waals surface area contributed by atoms with Gasteiger partial charge < -0.3 is 15.2 Å². The summed E-state index contributed by atoms with van der Waals surface area (Å²) in [6.07, 6.45) is -4.64. The summed E-state index contributed by atoms with van der Waals surface area (Å²) < 4.78 is 50.5. The van der Waals surface area contributed by atoms with Crippen LogP contribution in [0.15, 0.2) is 48.5 Å². The summed E-state index contributed by atoms with van der Waals surface area (Å²) >= 11 is 0. The van der Waals surface area contributed by atoms with Gasteiger partial charge in [-0.05, 0) is 11.6 Å². The van der Waals surface area contributed by atoms with Crippen LogP contribution < -0.4 is 10.5 Å². The Morgan fingerprint density at radius 2 is 1.81 bits per heavy atom. The van der Waals surface area contributed by atoms with E-state index in [1.165, 1.54) is 12.1 Å². The number of ether oxygens (including phenoxy) is 2. The van der Waals surface area contributed by atoms with Gasteiger partial charge in [0.15, 0.2) is 11.4 Å². The number of fused-ring (bicyclic) bond motifs is 1. The van der Waals surface area contributed by atoms with E-state index in [1.807, 2.05) is 6.07 Å². The number of methoxy groups -OCH3 is 1. The summed E-state index contributed by atoms with van der Waals surface area (Å²) in [6.45, 7) is 0.0295. The Bertz CT molecular complexity index is 989. The Balaban J connectivity index is 2.21. The third-order valence-corrected chi connectivity index (χ3v) is 3.92. The lowest BCUT2D eigenvalue weighted by Crippen LogP contribution is -2.13. The van der Waals surface area contributed by atoms with Crippen molar-refractivity contribution in [2.45, 2.75) is 12.8 Å². The number of esters is 1. The van der Waals surface area contributed by atoms with Gasteiger partial charge in [-0.25, -0.2) is 9.78 Å². The second-order valence-corrected chi connectivity index (χ2v) is 5.67. The van der Waals surface area contributed by atoms with Crippen molar-refractivity contribution in [1.82, 2.24) is 4.98 Å². The first-order chi connectivity index (χ1) is 12.8. The lowest BCUT2D eigenvalue weighted by Gasteiger charge is -2.17. The number of nitrogens with zero attached hydrogens (tertiary/aromatic N) is 1. The predicted molar refractivity (Wildman–Crippen MR) is 93.3 cm³/mol. The van der Waals surface area contributed by atoms with Crippen molar-refractivity contribution < 1.29 is 27.4 Å². The molecule has 3 rings (SSSR count). The van der Waals surface area contributed by atoms with Gasteiger partial charge in [0.25, 0.3) is 0 Å². The third kappa shape index (κ3) is 3.64. The zero-order chi connectivity index (χ0) is 19.6. The molecule has 0 saturated heterocycles. The molecule has 140 valence electrons. The van der Waals surface area contributed by atoms with Crippen molar-refractivity contribution in [2.24, 2.45) is 0 Å². The summed E-state index contributed by atoms with van der Waals surface area (Å²) in [4.78, 5) is 15.9. The van der Waals surface area contributed by atoms with Gasteiger partial charge in [0, 0.05) is 10.8 Å². The standard InChI is InChI=1S/C19H15F3N2O3/c1-26-18(25)15-16(27-10-11-6-3-2-4-7-11)12-8-5-9-13(19(20,21)22)14(12)17(23)24-15/h2-9H,10H2,1H3,(H2,23,24). The van der Waals surface area contributed by atoms with Crippen molar-refractivity contribution in [1.29, 1.82) is 0 Å². The monoisotopic (exact) mass is 376 g/mol. The Labute approximate surface area is 152 Å². The van der Waals surface area contributed by atoms with Crippen LogP contribution in [0.25, 0.3) is 10.8 Å². The van der Waals surface area contributed by atoms with Crippen molar-refractivity contribution in [3.63, 3.8) is 0 Å². The number of aromatic nitrogens is 1. The molecule has 0 aliphatic carbocycles. The molecule has 0 bridgehead atoms. The van der Waals surface area contributed by atoms with E-state index in [0.717, 1.165) is 18.7 Å². The number of alkyl halides is 3. The largest absolute Gasteiger partial charge is 0.486 e. The molecule has 1 heterocycles. The second-order valence-electron chi connectivity index (χ2n) is 5.67. The van der Waals surface area contributed by atoms with Gasteiger partial charge in [-0.2, -0.15) is 13.2 Å². The average molecular weight is 376 g/mol. The summed E-state index contributed by atoms with van der Waals surface area (Å²) in [7, 11) is 1.14. The Morgan fingerprint density at radius 3 is 2.44 bits per heavy atom. The quantitative estimate of drug-likeness (QED) is 0.691. The van der Waals surface area contributed by atoms with Crippen LogP contribution in [-0.2, 0) is 17.5 Å². The maximum Gasteiger partial charge on any atom is 0.417 e. The predicted octanol–water partition coefficient (Wildman–Crippen LogP) is 4.20. The molecule has 2 N–H and O–H groups in total. The van der Waals surface area contributed by atoms with Crippen molar-refractivity contribution in [3.8, 4) is 5.75 Å². The summed E-state index contributed by atoms with van der Waals surface area (Å²) in [5.41, 5.74) is 5.28. The minimum absolute atomic E-state index is 0.0295. The number of benzene rings is 2. The molecule has 0 spiro atoms. The molecule has 0 aliphatic heterocycles. The van der Waals surface area contributed by atoms with Gasteiger partial charge in [0.1, 0.15) is 12.4 Å². The molecule has 0 amide bonds. The highest BCUT2D eigenvalue weighted by Crippen LogP contribution is 2.41. The Hall–Kier alpha value is -3.29. The highest BCUT2D eigenvalue weighted by Gasteiger charge is 2.35. The molecule has 0 aliphatic rings. The van der Waals surface area contributed by atoms with E-state index in [9.17, 15) is 18.0 Å². The highest BCUT2D eigenvalue weighted by atomic mass is 19.4. The molecule has 5 nitrogen and oxygen atoms in total. The van der Waals surface area contributed by atoms with Crippen LogP contribution in [0.3, 0.4) is 0 Å². The molecule has 0 radical (unpaired) electrons. The number of pyridine rings is 1. The summed E-state index contributed by atoms with van der Waals surface area (Å²) in [6, 6.07) is 12.5. The lowest BCUT2D eigenvalue weighted by atomic mass is 10.0. The maximum atomic E-state index is 13.4. The summed E-state index contributed by atoms with van der Waals surface area (Å²) in [5.74, 6) is -1.39. The molecule has 0 saturated carbocycles. The number of anilines is 1. The molecular formula is C19H15F3N2O3. The number of carbonyl (C=O) groups is 1. The van der Waals surface area contributed by atoms with Gasteiger partial charge in [-0.15, -0.1) is 0 Å². The van der Waals surface area contributed by atoms with Crippen LogP contribution in [-0.4, -0.2) is 18.1 Å². The van der Waals surface area contributed by atoms with Crippen LogP contribution in [0.2, 0.25) is 0 Å². The van der Waals surface area contributed by atoms with Crippen molar-refractivity contribution in [2.75, 3.05) is 12.8 Å². The molecule has 3 aromatic rings. The number of hydrogen-bond acceptors (Lipinski definition) is 5. The fourth-order valence-electron chi connectivity index (χ4n) is 2.72. The average Bonchev–Trinajstić information content (AvgIpc) is 2.66. The normalized spacial score (nSPS) is 11.4. The number of hydrogen-bond donors (Lipinski definition) is 1. The molecule has 0 atom stereocenters. The number of carbonyl (C=O) groups excluding carboxylic acids is 1. The number of rotatable bonds is 4. The first-order valence-electron chi connectivity index (χ1n) is 7.87. The molecule has 0 fully saturated rings. The second kappa shape index (κ2) is 7.14. The third-order valence-electron chi connectivity index (χ3n) is 3.92. The van der Waals surface area contributed by atoms with Crippen molar-refractivity contribution in [3.05, 3.63) is 65.4 Å². The first kappa shape index (κ1) is 18.5. The van der Waals surface area contributed by atoms with Gasteiger partial charge in [-0.1, -0.05) is 42.5 Å². The van der Waals surface area contributed by atoms with E-state index >= 15 is 0 Å². The van der Waals surface area contributed by atoms with E-state index in [2.05, 4.69) is 9.72 Å². The maximum absolute atomic E-state index is 13.4. The fraction of sp³-hybridized carbons (Fsp3) is 0.158. The van der Waals surface area contributed by atoms with E-state index in [0.29, 0.717) is 0 Å². The van der Waals surface area contributed by atoms with Gasteiger partial charge in [0.2, 0.25) is 0 Å². The lowest BCUT2D eigenvalue weighted by molar-refractivity contribution is -0.136. The smallest absolute Gasteiger partial charge is 0.417 e. The van der Waals surface area contributed by atoms with Gasteiger partial charge >= 0.3 is 12.1 Å². The van der Waals surface area contributed by atoms with E-state index in [-0.39, 0.29) is 28.8 Å². The van der Waals surface area contributed by atoms with Crippen LogP contribution in [0.4, 0.5) is 19.0 Å².